The first-order valence-electron chi connectivity index (χ1n) is 7.41. The standard InChI is InChI=1S/C17H21NO/c1-11(12-5-3-2-4-6-12)18-16-8-15-13-7-14(16)10-17(15,19)9-13/h2-6,8,11,13-14,16,18-19H,7,9-10H2,1H3/t11-,13?,14-,16-,17-/m0/s1. The second-order valence-electron chi connectivity index (χ2n) is 6.58. The van der Waals surface area contributed by atoms with Crippen molar-refractivity contribution in [2.75, 3.05) is 0 Å². The molecule has 1 unspecified atom stereocenters. The summed E-state index contributed by atoms with van der Waals surface area (Å²) in [6.45, 7) is 2.23. The smallest absolute Gasteiger partial charge is 0.0869 e. The van der Waals surface area contributed by atoms with Gasteiger partial charge >= 0.3 is 0 Å². The minimum Gasteiger partial charge on any atom is -0.385 e. The molecule has 6 rings (SSSR count). The average molecular weight is 255 g/mol. The van der Waals surface area contributed by atoms with Gasteiger partial charge in [-0.1, -0.05) is 36.4 Å². The van der Waals surface area contributed by atoms with Crippen LogP contribution in [0.25, 0.3) is 0 Å². The summed E-state index contributed by atoms with van der Waals surface area (Å²) in [5.41, 5.74) is 2.25. The minimum absolute atomic E-state index is 0.369. The fraction of sp³-hybridized carbons (Fsp3) is 0.529. The van der Waals surface area contributed by atoms with Gasteiger partial charge in [-0.3, -0.25) is 0 Å². The van der Waals surface area contributed by atoms with E-state index in [4.69, 9.17) is 0 Å². The van der Waals surface area contributed by atoms with Crippen molar-refractivity contribution < 1.29 is 5.11 Å². The SMILES string of the molecule is C[C@H](N[C@H]1C=C2C3C[C@H]1C[C@@]2(O)C3)c1ccccc1. The Morgan fingerprint density at radius 2 is 2.05 bits per heavy atom. The average Bonchev–Trinajstić information content (AvgIpc) is 2.42. The zero-order valence-electron chi connectivity index (χ0n) is 11.3. The third kappa shape index (κ3) is 1.70. The number of rotatable bonds is 3. The molecular weight excluding hydrogens is 234 g/mol. The van der Waals surface area contributed by atoms with Gasteiger partial charge in [-0.2, -0.15) is 0 Å². The summed E-state index contributed by atoms with van der Waals surface area (Å²) < 4.78 is 0. The van der Waals surface area contributed by atoms with E-state index in [-0.39, 0.29) is 0 Å². The molecule has 0 saturated heterocycles. The first-order chi connectivity index (χ1) is 9.16. The topological polar surface area (TPSA) is 32.3 Å². The van der Waals surface area contributed by atoms with Crippen LogP contribution in [0.3, 0.4) is 0 Å². The van der Waals surface area contributed by atoms with Gasteiger partial charge in [0.2, 0.25) is 0 Å². The van der Waals surface area contributed by atoms with Crippen LogP contribution >= 0.6 is 0 Å². The molecule has 5 aliphatic carbocycles. The number of benzene rings is 1. The molecule has 3 fully saturated rings. The maximum Gasteiger partial charge on any atom is 0.0869 e. The highest BCUT2D eigenvalue weighted by atomic mass is 16.3. The zero-order chi connectivity index (χ0) is 13.0. The molecule has 2 N–H and O–H groups in total. The Morgan fingerprint density at radius 1 is 1.26 bits per heavy atom. The molecule has 19 heavy (non-hydrogen) atoms. The molecule has 1 aromatic carbocycles. The van der Waals surface area contributed by atoms with Crippen LogP contribution in [0.5, 0.6) is 0 Å². The molecule has 1 aromatic rings. The molecule has 2 nitrogen and oxygen atoms in total. The number of hydrogen-bond donors (Lipinski definition) is 2. The number of hydrogen-bond acceptors (Lipinski definition) is 2. The molecule has 100 valence electrons. The van der Waals surface area contributed by atoms with Crippen molar-refractivity contribution in [3.05, 3.63) is 47.5 Å². The molecule has 0 aliphatic heterocycles. The normalized spacial score (nSPS) is 40.5. The van der Waals surface area contributed by atoms with E-state index < -0.39 is 5.60 Å². The maximum absolute atomic E-state index is 10.4. The summed E-state index contributed by atoms with van der Waals surface area (Å²) in [4.78, 5) is 0. The Hall–Kier alpha value is -1.12. The molecule has 0 spiro atoms. The summed E-state index contributed by atoms with van der Waals surface area (Å²) in [6.07, 6.45) is 5.57. The number of nitrogens with one attached hydrogen (secondary N) is 1. The monoisotopic (exact) mass is 255 g/mol. The van der Waals surface area contributed by atoms with Crippen molar-refractivity contribution in [3.8, 4) is 0 Å². The molecule has 0 radical (unpaired) electrons. The van der Waals surface area contributed by atoms with Gasteiger partial charge in [-0.25, -0.2) is 0 Å². The van der Waals surface area contributed by atoms with E-state index in [0.29, 0.717) is 23.9 Å². The van der Waals surface area contributed by atoms with Crippen molar-refractivity contribution >= 4 is 0 Å². The van der Waals surface area contributed by atoms with Crippen molar-refractivity contribution in [1.82, 2.24) is 5.32 Å². The molecule has 0 aromatic heterocycles. The highest BCUT2D eigenvalue weighted by Gasteiger charge is 2.57. The Kier molecular flexibility index (Phi) is 2.42. The maximum atomic E-state index is 10.4. The largest absolute Gasteiger partial charge is 0.385 e. The van der Waals surface area contributed by atoms with E-state index in [1.54, 1.807) is 0 Å². The summed E-state index contributed by atoms with van der Waals surface area (Å²) >= 11 is 0. The first kappa shape index (κ1) is 11.7. The third-order valence-electron chi connectivity index (χ3n) is 5.36. The van der Waals surface area contributed by atoms with Crippen LogP contribution in [0.2, 0.25) is 0 Å². The molecule has 0 heterocycles. The molecule has 5 atom stereocenters. The van der Waals surface area contributed by atoms with E-state index >= 15 is 0 Å². The van der Waals surface area contributed by atoms with Gasteiger partial charge in [0.15, 0.2) is 0 Å². The number of aliphatic hydroxyl groups is 1. The molecule has 2 heteroatoms. The van der Waals surface area contributed by atoms with Gasteiger partial charge in [0, 0.05) is 12.1 Å². The third-order valence-corrected chi connectivity index (χ3v) is 5.36. The highest BCUT2D eigenvalue weighted by molar-refractivity contribution is 5.39. The lowest BCUT2D eigenvalue weighted by molar-refractivity contribution is -0.0825. The number of fused-ring (bicyclic) bond motifs is 1. The Labute approximate surface area is 114 Å². The molecule has 5 aliphatic rings. The van der Waals surface area contributed by atoms with E-state index in [0.717, 1.165) is 12.8 Å². The molecule has 3 saturated carbocycles. The van der Waals surface area contributed by atoms with Crippen LogP contribution in [0.1, 0.15) is 37.8 Å². The van der Waals surface area contributed by atoms with Crippen molar-refractivity contribution in [1.29, 1.82) is 0 Å². The van der Waals surface area contributed by atoms with E-state index in [9.17, 15) is 5.11 Å². The van der Waals surface area contributed by atoms with Gasteiger partial charge in [0.25, 0.3) is 0 Å². The Bertz CT molecular complexity index is 523. The first-order valence-corrected chi connectivity index (χ1v) is 7.41. The second kappa shape index (κ2) is 3.94. The van der Waals surface area contributed by atoms with Gasteiger partial charge < -0.3 is 10.4 Å². The predicted octanol–water partition coefficient (Wildman–Crippen LogP) is 2.81. The van der Waals surface area contributed by atoms with Crippen molar-refractivity contribution in [3.63, 3.8) is 0 Å². The van der Waals surface area contributed by atoms with E-state index in [1.807, 2.05) is 0 Å². The van der Waals surface area contributed by atoms with Gasteiger partial charge in [0.05, 0.1) is 5.60 Å². The van der Waals surface area contributed by atoms with Crippen LogP contribution in [-0.4, -0.2) is 16.7 Å². The van der Waals surface area contributed by atoms with Gasteiger partial charge in [-0.05, 0) is 49.2 Å². The summed E-state index contributed by atoms with van der Waals surface area (Å²) in [6, 6.07) is 11.4. The lowest BCUT2D eigenvalue weighted by Crippen LogP contribution is -2.60. The Morgan fingerprint density at radius 3 is 2.68 bits per heavy atom. The Balaban J connectivity index is 1.52. The van der Waals surface area contributed by atoms with Crippen molar-refractivity contribution in [2.45, 2.75) is 43.9 Å². The van der Waals surface area contributed by atoms with Gasteiger partial charge in [0.1, 0.15) is 0 Å². The minimum atomic E-state index is -0.415. The van der Waals surface area contributed by atoms with E-state index in [1.165, 1.54) is 17.6 Å². The summed E-state index contributed by atoms with van der Waals surface area (Å²) in [7, 11) is 0. The lowest BCUT2D eigenvalue weighted by atomic mass is 9.50. The fourth-order valence-electron chi connectivity index (χ4n) is 4.38. The lowest BCUT2D eigenvalue weighted by Gasteiger charge is -2.59. The second-order valence-corrected chi connectivity index (χ2v) is 6.58. The summed E-state index contributed by atoms with van der Waals surface area (Å²) in [5, 5.41) is 14.1. The van der Waals surface area contributed by atoms with Crippen LogP contribution in [0, 0.1) is 11.8 Å². The van der Waals surface area contributed by atoms with Crippen LogP contribution in [-0.2, 0) is 0 Å². The fourth-order valence-corrected chi connectivity index (χ4v) is 4.38. The highest BCUT2D eigenvalue weighted by Crippen LogP contribution is 2.59. The van der Waals surface area contributed by atoms with Gasteiger partial charge in [-0.15, -0.1) is 0 Å². The van der Waals surface area contributed by atoms with Crippen LogP contribution in [0.4, 0.5) is 0 Å². The predicted molar refractivity (Wildman–Crippen MR) is 75.6 cm³/mol. The molecular formula is C17H21NO. The zero-order valence-corrected chi connectivity index (χ0v) is 11.3. The quantitative estimate of drug-likeness (QED) is 0.814. The van der Waals surface area contributed by atoms with Crippen LogP contribution < -0.4 is 5.32 Å². The molecule has 0 amide bonds. The van der Waals surface area contributed by atoms with Crippen LogP contribution in [0.15, 0.2) is 42.0 Å². The summed E-state index contributed by atoms with van der Waals surface area (Å²) in [5.74, 6) is 1.31. The van der Waals surface area contributed by atoms with Crippen molar-refractivity contribution in [2.24, 2.45) is 11.8 Å². The van der Waals surface area contributed by atoms with E-state index in [2.05, 4.69) is 48.6 Å². The molecule has 4 bridgehead atoms.